The standard InChI is InChI=1S/C13H12N4O6S3/c14-8-9-7-12(24-13(9)15)17-16-10-1-3-11(4-2-10)25(18,19)6-5-23-26(20,21)22/h1-4,7H,5-6,15H2,(H,20,21,22). The lowest BCUT2D eigenvalue weighted by Crippen LogP contribution is -2.15. The van der Waals surface area contributed by atoms with Crippen LogP contribution in [-0.4, -0.2) is 33.7 Å². The van der Waals surface area contributed by atoms with E-state index < -0.39 is 32.6 Å². The fourth-order valence-electron chi connectivity index (χ4n) is 1.72. The lowest BCUT2D eigenvalue weighted by Gasteiger charge is -2.04. The van der Waals surface area contributed by atoms with Gasteiger partial charge in [-0.2, -0.15) is 13.7 Å². The van der Waals surface area contributed by atoms with Crippen LogP contribution in [0.2, 0.25) is 0 Å². The predicted molar refractivity (Wildman–Crippen MR) is 93.6 cm³/mol. The van der Waals surface area contributed by atoms with E-state index in [2.05, 4.69) is 14.4 Å². The Kier molecular flexibility index (Phi) is 6.05. The molecule has 0 bridgehead atoms. The molecule has 2 aromatic rings. The zero-order valence-electron chi connectivity index (χ0n) is 12.9. The predicted octanol–water partition coefficient (Wildman–Crippen LogP) is 2.21. The number of benzene rings is 1. The first-order chi connectivity index (χ1) is 12.1. The third-order valence-corrected chi connectivity index (χ3v) is 5.92. The van der Waals surface area contributed by atoms with Gasteiger partial charge in [-0.15, -0.1) is 10.2 Å². The molecule has 0 aliphatic carbocycles. The lowest BCUT2D eigenvalue weighted by atomic mass is 10.3. The Bertz CT molecular complexity index is 1070. The van der Waals surface area contributed by atoms with Crippen LogP contribution in [0.15, 0.2) is 45.5 Å². The van der Waals surface area contributed by atoms with Crippen molar-refractivity contribution < 1.29 is 25.6 Å². The summed E-state index contributed by atoms with van der Waals surface area (Å²) >= 11 is 1.09. The van der Waals surface area contributed by atoms with E-state index in [1.165, 1.54) is 30.3 Å². The molecule has 0 atom stereocenters. The van der Waals surface area contributed by atoms with Crippen molar-refractivity contribution in [3.8, 4) is 6.07 Å². The summed E-state index contributed by atoms with van der Waals surface area (Å²) in [5, 5.41) is 17.4. The van der Waals surface area contributed by atoms with Gasteiger partial charge in [0.2, 0.25) is 0 Å². The number of anilines is 1. The lowest BCUT2D eigenvalue weighted by molar-refractivity contribution is 0.284. The highest BCUT2D eigenvalue weighted by Crippen LogP contribution is 2.32. The zero-order chi connectivity index (χ0) is 19.4. The maximum Gasteiger partial charge on any atom is 0.397 e. The Labute approximate surface area is 153 Å². The molecular formula is C13H12N4O6S3. The van der Waals surface area contributed by atoms with Crippen LogP contribution in [0.3, 0.4) is 0 Å². The highest BCUT2D eigenvalue weighted by Gasteiger charge is 2.16. The first-order valence-electron chi connectivity index (χ1n) is 6.76. The molecule has 0 saturated carbocycles. The number of hydrogen-bond acceptors (Lipinski definition) is 10. The van der Waals surface area contributed by atoms with Crippen molar-refractivity contribution in [1.29, 1.82) is 5.26 Å². The molecule has 1 heterocycles. The molecule has 0 amide bonds. The number of nitriles is 1. The second kappa shape index (κ2) is 7.89. The third-order valence-electron chi connectivity index (χ3n) is 2.91. The molecule has 13 heteroatoms. The number of nitrogens with zero attached hydrogens (tertiary/aromatic N) is 3. The maximum absolute atomic E-state index is 12.0. The molecule has 1 aromatic carbocycles. The van der Waals surface area contributed by atoms with Crippen LogP contribution in [0.5, 0.6) is 0 Å². The molecule has 0 radical (unpaired) electrons. The van der Waals surface area contributed by atoms with E-state index in [9.17, 15) is 16.8 Å². The third kappa shape index (κ3) is 5.58. The summed E-state index contributed by atoms with van der Waals surface area (Å²) in [6, 6.07) is 8.77. The number of rotatable bonds is 7. The minimum absolute atomic E-state index is 0.0671. The van der Waals surface area contributed by atoms with Crippen LogP contribution < -0.4 is 5.73 Å². The topological polar surface area (TPSA) is 172 Å². The number of nitrogen functional groups attached to an aromatic ring is 1. The van der Waals surface area contributed by atoms with E-state index in [0.717, 1.165) is 11.3 Å². The van der Waals surface area contributed by atoms with Crippen molar-refractivity contribution in [1.82, 2.24) is 0 Å². The summed E-state index contributed by atoms with van der Waals surface area (Å²) < 4.78 is 57.3. The van der Waals surface area contributed by atoms with Gasteiger partial charge in [-0.3, -0.25) is 4.55 Å². The molecule has 2 rings (SSSR count). The molecule has 26 heavy (non-hydrogen) atoms. The maximum atomic E-state index is 12.0. The highest BCUT2D eigenvalue weighted by molar-refractivity contribution is 7.91. The molecule has 1 aromatic heterocycles. The SMILES string of the molecule is N#Cc1cc(N=Nc2ccc(S(=O)(=O)CCOS(=O)(=O)O)cc2)sc1N. The second-order valence-electron chi connectivity index (χ2n) is 4.74. The summed E-state index contributed by atoms with van der Waals surface area (Å²) in [6.45, 7) is -0.705. The molecule has 0 saturated heterocycles. The van der Waals surface area contributed by atoms with E-state index in [1.54, 1.807) is 0 Å². The summed E-state index contributed by atoms with van der Waals surface area (Å²) in [4.78, 5) is -0.0671. The average molecular weight is 416 g/mol. The van der Waals surface area contributed by atoms with E-state index in [1.807, 2.05) is 6.07 Å². The molecule has 0 aliphatic heterocycles. The number of thiophene rings is 1. The van der Waals surface area contributed by atoms with Crippen LogP contribution >= 0.6 is 11.3 Å². The number of azo groups is 1. The van der Waals surface area contributed by atoms with Gasteiger partial charge in [-0.05, 0) is 30.3 Å². The summed E-state index contributed by atoms with van der Waals surface area (Å²) in [5.74, 6) is -0.626. The Balaban J connectivity index is 2.07. The van der Waals surface area contributed by atoms with Gasteiger partial charge >= 0.3 is 10.4 Å². The van der Waals surface area contributed by atoms with Crippen LogP contribution in [0.1, 0.15) is 5.56 Å². The second-order valence-corrected chi connectivity index (χ2v) is 9.00. The zero-order valence-corrected chi connectivity index (χ0v) is 15.4. The van der Waals surface area contributed by atoms with Gasteiger partial charge in [-0.25, -0.2) is 12.6 Å². The van der Waals surface area contributed by atoms with Gasteiger partial charge in [0.25, 0.3) is 0 Å². The van der Waals surface area contributed by atoms with E-state index in [0.29, 0.717) is 21.3 Å². The van der Waals surface area contributed by atoms with E-state index >= 15 is 0 Å². The van der Waals surface area contributed by atoms with Crippen molar-refractivity contribution in [2.45, 2.75) is 4.90 Å². The Morgan fingerprint density at radius 3 is 2.38 bits per heavy atom. The minimum Gasteiger partial charge on any atom is -0.389 e. The molecule has 0 spiro atoms. The minimum atomic E-state index is -4.69. The number of nitrogens with two attached hydrogens (primary N) is 1. The Hall–Kier alpha value is -2.37. The molecular weight excluding hydrogens is 404 g/mol. The van der Waals surface area contributed by atoms with Gasteiger partial charge in [0.15, 0.2) is 9.84 Å². The van der Waals surface area contributed by atoms with Crippen LogP contribution in [0, 0.1) is 11.3 Å². The fourth-order valence-corrected chi connectivity index (χ4v) is 3.91. The van der Waals surface area contributed by atoms with Gasteiger partial charge in [0.1, 0.15) is 16.1 Å². The molecule has 138 valence electrons. The highest BCUT2D eigenvalue weighted by atomic mass is 32.3. The quantitative estimate of drug-likeness (QED) is 0.510. The molecule has 0 unspecified atom stereocenters. The van der Waals surface area contributed by atoms with Crippen molar-refractivity contribution in [3.63, 3.8) is 0 Å². The van der Waals surface area contributed by atoms with E-state index in [4.69, 9.17) is 15.5 Å². The normalized spacial score (nSPS) is 12.3. The summed E-state index contributed by atoms with van der Waals surface area (Å²) in [6.07, 6.45) is 0. The summed E-state index contributed by atoms with van der Waals surface area (Å²) in [5.41, 5.74) is 6.29. The van der Waals surface area contributed by atoms with Gasteiger partial charge in [0, 0.05) is 0 Å². The average Bonchev–Trinajstić information content (AvgIpc) is 2.92. The van der Waals surface area contributed by atoms with Gasteiger partial charge in [-0.1, -0.05) is 11.3 Å². The molecule has 0 fully saturated rings. The molecule has 3 N–H and O–H groups in total. The largest absolute Gasteiger partial charge is 0.397 e. The van der Waals surface area contributed by atoms with E-state index in [-0.39, 0.29) is 4.90 Å². The van der Waals surface area contributed by atoms with Crippen molar-refractivity contribution >= 4 is 47.3 Å². The first kappa shape index (κ1) is 19.9. The van der Waals surface area contributed by atoms with Crippen molar-refractivity contribution in [2.24, 2.45) is 10.2 Å². The molecule has 10 nitrogen and oxygen atoms in total. The van der Waals surface area contributed by atoms with Gasteiger partial charge in [0.05, 0.1) is 28.5 Å². The Morgan fingerprint density at radius 1 is 1.19 bits per heavy atom. The Morgan fingerprint density at radius 2 is 1.85 bits per heavy atom. The fraction of sp³-hybridized carbons (Fsp3) is 0.154. The van der Waals surface area contributed by atoms with Crippen LogP contribution in [0.25, 0.3) is 0 Å². The monoisotopic (exact) mass is 416 g/mol. The smallest absolute Gasteiger partial charge is 0.389 e. The van der Waals surface area contributed by atoms with Crippen LogP contribution in [-0.2, 0) is 24.4 Å². The number of sulfone groups is 1. The van der Waals surface area contributed by atoms with Crippen LogP contribution in [0.4, 0.5) is 15.7 Å². The van der Waals surface area contributed by atoms with Gasteiger partial charge < -0.3 is 5.73 Å². The van der Waals surface area contributed by atoms with Crippen molar-refractivity contribution in [2.75, 3.05) is 18.1 Å². The summed E-state index contributed by atoms with van der Waals surface area (Å²) in [7, 11) is -8.49. The van der Waals surface area contributed by atoms with Crippen molar-refractivity contribution in [3.05, 3.63) is 35.9 Å². The molecule has 0 aliphatic rings. The first-order valence-corrected chi connectivity index (χ1v) is 10.6. The number of hydrogen-bond donors (Lipinski definition) is 2.